The topological polar surface area (TPSA) is 66.5 Å². The SMILES string of the molecule is CC[C@H](C(=O)N[C@@H]1CCCc2ccccc21)N(c1ccccc1)S(C)(=O)=O. The van der Waals surface area contributed by atoms with Gasteiger partial charge in [0.15, 0.2) is 0 Å². The van der Waals surface area contributed by atoms with Gasteiger partial charge in [-0.15, -0.1) is 0 Å². The number of aryl methyl sites for hydroxylation is 1. The van der Waals surface area contributed by atoms with Crippen LogP contribution in [0.25, 0.3) is 0 Å². The van der Waals surface area contributed by atoms with Crippen molar-refractivity contribution < 1.29 is 13.2 Å². The lowest BCUT2D eigenvalue weighted by Crippen LogP contribution is -2.50. The first-order chi connectivity index (χ1) is 12.9. The fraction of sp³-hybridized carbons (Fsp3) is 0.381. The van der Waals surface area contributed by atoms with E-state index in [0.29, 0.717) is 12.1 Å². The Kier molecular flexibility index (Phi) is 5.85. The number of fused-ring (bicyclic) bond motifs is 1. The van der Waals surface area contributed by atoms with Crippen LogP contribution in [0, 0.1) is 0 Å². The van der Waals surface area contributed by atoms with Gasteiger partial charge in [-0.2, -0.15) is 0 Å². The lowest BCUT2D eigenvalue weighted by atomic mass is 9.87. The van der Waals surface area contributed by atoms with Crippen LogP contribution in [0.3, 0.4) is 0 Å². The summed E-state index contributed by atoms with van der Waals surface area (Å²) in [4.78, 5) is 13.1. The molecule has 2 aromatic rings. The van der Waals surface area contributed by atoms with Crippen molar-refractivity contribution in [2.45, 2.75) is 44.7 Å². The predicted octanol–water partition coefficient (Wildman–Crippen LogP) is 3.43. The van der Waals surface area contributed by atoms with Gasteiger partial charge >= 0.3 is 0 Å². The number of anilines is 1. The molecule has 0 saturated carbocycles. The smallest absolute Gasteiger partial charge is 0.244 e. The highest BCUT2D eigenvalue weighted by Crippen LogP contribution is 2.30. The van der Waals surface area contributed by atoms with E-state index in [2.05, 4.69) is 11.4 Å². The van der Waals surface area contributed by atoms with Crippen molar-refractivity contribution in [3.63, 3.8) is 0 Å². The quantitative estimate of drug-likeness (QED) is 0.827. The Hall–Kier alpha value is -2.34. The minimum atomic E-state index is -3.60. The Balaban J connectivity index is 1.87. The Morgan fingerprint density at radius 3 is 2.48 bits per heavy atom. The molecular weight excluding hydrogens is 360 g/mol. The fourth-order valence-corrected chi connectivity index (χ4v) is 5.02. The first-order valence-corrected chi connectivity index (χ1v) is 11.2. The molecule has 1 amide bonds. The van der Waals surface area contributed by atoms with Crippen molar-refractivity contribution in [1.29, 1.82) is 0 Å². The third kappa shape index (κ3) is 4.33. The molecule has 0 unspecified atom stereocenters. The fourth-order valence-electron chi connectivity index (χ4n) is 3.81. The first-order valence-electron chi connectivity index (χ1n) is 9.34. The van der Waals surface area contributed by atoms with Crippen LogP contribution in [0.4, 0.5) is 5.69 Å². The summed E-state index contributed by atoms with van der Waals surface area (Å²) in [7, 11) is -3.60. The van der Waals surface area contributed by atoms with E-state index in [1.54, 1.807) is 24.3 Å². The van der Waals surface area contributed by atoms with Gasteiger partial charge in [0.2, 0.25) is 15.9 Å². The molecule has 1 aliphatic rings. The van der Waals surface area contributed by atoms with Crippen molar-refractivity contribution in [1.82, 2.24) is 5.32 Å². The molecule has 2 atom stereocenters. The number of amides is 1. The zero-order valence-electron chi connectivity index (χ0n) is 15.8. The van der Waals surface area contributed by atoms with Crippen LogP contribution >= 0.6 is 0 Å². The van der Waals surface area contributed by atoms with E-state index in [1.165, 1.54) is 9.87 Å². The lowest BCUT2D eigenvalue weighted by molar-refractivity contribution is -0.123. The summed E-state index contributed by atoms with van der Waals surface area (Å²) in [5.41, 5.74) is 2.90. The molecule has 144 valence electrons. The Morgan fingerprint density at radius 1 is 1.15 bits per heavy atom. The highest BCUT2D eigenvalue weighted by molar-refractivity contribution is 7.92. The number of carbonyl (C=O) groups excluding carboxylic acids is 1. The van der Waals surface area contributed by atoms with Crippen molar-refractivity contribution in [3.8, 4) is 0 Å². The zero-order valence-corrected chi connectivity index (χ0v) is 16.6. The standard InChI is InChI=1S/C21H26N2O3S/c1-3-20(23(27(2,25)26)17-12-5-4-6-13-17)21(24)22-19-15-9-11-16-10-7-8-14-18(16)19/h4-8,10,12-14,19-20H,3,9,11,15H2,1-2H3,(H,22,24)/t19-,20-/m1/s1. The maximum atomic E-state index is 13.1. The highest BCUT2D eigenvalue weighted by Gasteiger charge is 2.33. The zero-order chi connectivity index (χ0) is 19.4. The van der Waals surface area contributed by atoms with Gasteiger partial charge in [0.05, 0.1) is 18.0 Å². The van der Waals surface area contributed by atoms with Crippen LogP contribution in [0.15, 0.2) is 54.6 Å². The maximum Gasteiger partial charge on any atom is 0.244 e. The van der Waals surface area contributed by atoms with Gasteiger partial charge in [0.1, 0.15) is 6.04 Å². The molecule has 0 fully saturated rings. The van der Waals surface area contributed by atoms with Crippen LogP contribution in [-0.4, -0.2) is 26.6 Å². The van der Waals surface area contributed by atoms with Crippen molar-refractivity contribution in [2.75, 3.05) is 10.6 Å². The summed E-state index contributed by atoms with van der Waals surface area (Å²) in [6.45, 7) is 1.83. The molecule has 0 saturated heterocycles. The van der Waals surface area contributed by atoms with Gasteiger partial charge in [-0.05, 0) is 48.9 Å². The summed E-state index contributed by atoms with van der Waals surface area (Å²) in [6, 6.07) is 16.1. The molecule has 0 aliphatic heterocycles. The summed E-state index contributed by atoms with van der Waals surface area (Å²) in [6.07, 6.45) is 4.42. The minimum absolute atomic E-state index is 0.0753. The normalized spacial score (nSPS) is 17.6. The maximum absolute atomic E-state index is 13.1. The van der Waals surface area contributed by atoms with E-state index < -0.39 is 16.1 Å². The van der Waals surface area contributed by atoms with Crippen LogP contribution in [0.5, 0.6) is 0 Å². The first kappa shape index (κ1) is 19.4. The Morgan fingerprint density at radius 2 is 1.81 bits per heavy atom. The predicted molar refractivity (Wildman–Crippen MR) is 108 cm³/mol. The molecule has 0 radical (unpaired) electrons. The van der Waals surface area contributed by atoms with E-state index in [4.69, 9.17) is 0 Å². The van der Waals surface area contributed by atoms with Crippen LogP contribution < -0.4 is 9.62 Å². The average molecular weight is 387 g/mol. The van der Waals surface area contributed by atoms with Crippen LogP contribution in [0.2, 0.25) is 0 Å². The third-order valence-corrected chi connectivity index (χ3v) is 6.21. The summed E-state index contributed by atoms with van der Waals surface area (Å²) in [5.74, 6) is -0.256. The second-order valence-electron chi connectivity index (χ2n) is 6.97. The van der Waals surface area contributed by atoms with E-state index in [1.807, 2.05) is 31.2 Å². The van der Waals surface area contributed by atoms with Crippen LogP contribution in [0.1, 0.15) is 43.4 Å². The number of nitrogens with zero attached hydrogens (tertiary/aromatic N) is 1. The second-order valence-corrected chi connectivity index (χ2v) is 8.83. The molecule has 0 spiro atoms. The van der Waals surface area contributed by atoms with Gasteiger partial charge in [-0.1, -0.05) is 49.4 Å². The minimum Gasteiger partial charge on any atom is -0.347 e. The second kappa shape index (κ2) is 8.13. The number of sulfonamides is 1. The number of benzene rings is 2. The van der Waals surface area contributed by atoms with Gasteiger partial charge in [0, 0.05) is 0 Å². The highest BCUT2D eigenvalue weighted by atomic mass is 32.2. The molecule has 27 heavy (non-hydrogen) atoms. The monoisotopic (exact) mass is 386 g/mol. The van der Waals surface area contributed by atoms with Gasteiger partial charge in [0.25, 0.3) is 0 Å². The molecule has 1 aliphatic carbocycles. The van der Waals surface area contributed by atoms with Crippen molar-refractivity contribution in [2.24, 2.45) is 0 Å². The van der Waals surface area contributed by atoms with Gasteiger partial charge < -0.3 is 5.32 Å². The largest absolute Gasteiger partial charge is 0.347 e. The van der Waals surface area contributed by atoms with Crippen molar-refractivity contribution in [3.05, 3.63) is 65.7 Å². The van der Waals surface area contributed by atoms with E-state index in [9.17, 15) is 13.2 Å². The average Bonchev–Trinajstić information content (AvgIpc) is 2.66. The molecule has 0 aromatic heterocycles. The molecule has 0 heterocycles. The van der Waals surface area contributed by atoms with Crippen LogP contribution in [-0.2, 0) is 21.2 Å². The van der Waals surface area contributed by atoms with Gasteiger partial charge in [-0.25, -0.2) is 8.42 Å². The molecule has 3 rings (SSSR count). The lowest BCUT2D eigenvalue weighted by Gasteiger charge is -2.33. The molecule has 6 heteroatoms. The molecule has 1 N–H and O–H groups in total. The van der Waals surface area contributed by atoms with Crippen molar-refractivity contribution >= 4 is 21.6 Å². The summed E-state index contributed by atoms with van der Waals surface area (Å²) in [5, 5.41) is 3.10. The van der Waals surface area contributed by atoms with E-state index >= 15 is 0 Å². The molecular formula is C21H26N2O3S. The Labute approximate surface area is 161 Å². The van der Waals surface area contributed by atoms with E-state index in [0.717, 1.165) is 31.1 Å². The van der Waals surface area contributed by atoms with Gasteiger partial charge in [-0.3, -0.25) is 9.10 Å². The third-order valence-electron chi connectivity index (χ3n) is 5.03. The number of rotatable bonds is 6. The summed E-state index contributed by atoms with van der Waals surface area (Å²) < 4.78 is 26.2. The number of para-hydroxylation sites is 1. The van der Waals surface area contributed by atoms with E-state index in [-0.39, 0.29) is 11.9 Å². The number of nitrogens with one attached hydrogen (secondary N) is 1. The molecule has 2 aromatic carbocycles. The number of hydrogen-bond acceptors (Lipinski definition) is 3. The number of hydrogen-bond donors (Lipinski definition) is 1. The molecule has 0 bridgehead atoms. The summed E-state index contributed by atoms with van der Waals surface area (Å²) >= 11 is 0. The number of carbonyl (C=O) groups is 1. The molecule has 5 nitrogen and oxygen atoms in total. The Bertz CT molecular complexity index is 897.